The summed E-state index contributed by atoms with van der Waals surface area (Å²) < 4.78 is 6.07. The van der Waals surface area contributed by atoms with Gasteiger partial charge in [-0.05, 0) is 48.6 Å². The van der Waals surface area contributed by atoms with E-state index in [9.17, 15) is 4.79 Å². The Bertz CT molecular complexity index is 637. The summed E-state index contributed by atoms with van der Waals surface area (Å²) in [5, 5.41) is 0.578. The van der Waals surface area contributed by atoms with Gasteiger partial charge < -0.3 is 4.74 Å². The second kappa shape index (κ2) is 5.68. The number of halogens is 1. The molecule has 1 unspecified atom stereocenters. The molecule has 0 radical (unpaired) electrons. The van der Waals surface area contributed by atoms with Crippen molar-refractivity contribution in [3.63, 3.8) is 0 Å². The van der Waals surface area contributed by atoms with Gasteiger partial charge in [-0.3, -0.25) is 4.79 Å². The molecule has 0 saturated carbocycles. The first-order chi connectivity index (χ1) is 9.78. The number of carbonyl (C=O) groups is 1. The van der Waals surface area contributed by atoms with Crippen molar-refractivity contribution in [1.82, 2.24) is 0 Å². The van der Waals surface area contributed by atoms with Gasteiger partial charge in [0.2, 0.25) is 0 Å². The second-order valence-electron chi connectivity index (χ2n) is 5.00. The maximum absolute atomic E-state index is 11.1. The number of ether oxygens (including phenoxy) is 1. The lowest BCUT2D eigenvalue weighted by molar-refractivity contribution is 0.111. The van der Waals surface area contributed by atoms with Crippen molar-refractivity contribution in [3.8, 4) is 5.75 Å². The first-order valence-electron chi connectivity index (χ1n) is 6.77. The normalized spacial score (nSPS) is 17.4. The molecule has 1 atom stereocenters. The van der Waals surface area contributed by atoms with Crippen LogP contribution in [0.25, 0.3) is 0 Å². The Hall–Kier alpha value is -1.80. The lowest BCUT2D eigenvalue weighted by Crippen LogP contribution is -2.15. The minimum Gasteiger partial charge on any atom is -0.485 e. The summed E-state index contributed by atoms with van der Waals surface area (Å²) in [4.78, 5) is 11.1. The average Bonchev–Trinajstić information content (AvgIpc) is 2.48. The van der Waals surface area contributed by atoms with Gasteiger partial charge in [-0.2, -0.15) is 0 Å². The molecule has 1 aliphatic carbocycles. The highest BCUT2D eigenvalue weighted by molar-refractivity contribution is 6.30. The third kappa shape index (κ3) is 2.56. The van der Waals surface area contributed by atoms with Crippen LogP contribution in [0.5, 0.6) is 5.75 Å². The van der Waals surface area contributed by atoms with Gasteiger partial charge in [0, 0.05) is 5.02 Å². The topological polar surface area (TPSA) is 26.3 Å². The Labute approximate surface area is 123 Å². The molecule has 0 aliphatic heterocycles. The molecule has 0 bridgehead atoms. The van der Waals surface area contributed by atoms with Crippen LogP contribution in [-0.2, 0) is 6.42 Å². The first kappa shape index (κ1) is 13.2. The van der Waals surface area contributed by atoms with Gasteiger partial charge >= 0.3 is 0 Å². The fraction of sp³-hybridized carbons (Fsp3) is 0.235. The van der Waals surface area contributed by atoms with Gasteiger partial charge in [0.1, 0.15) is 11.9 Å². The SMILES string of the molecule is O=Cc1ccc(Cl)cc1OC1CCCc2ccccc21. The van der Waals surface area contributed by atoms with Gasteiger partial charge in [0.25, 0.3) is 0 Å². The van der Waals surface area contributed by atoms with Crippen LogP contribution >= 0.6 is 11.6 Å². The first-order valence-corrected chi connectivity index (χ1v) is 7.15. The maximum Gasteiger partial charge on any atom is 0.153 e. The molecule has 0 spiro atoms. The predicted molar refractivity (Wildman–Crippen MR) is 79.6 cm³/mol. The Balaban J connectivity index is 1.93. The fourth-order valence-corrected chi connectivity index (χ4v) is 2.85. The molecule has 0 saturated heterocycles. The number of aldehydes is 1. The molecular formula is C17H15ClO2. The molecule has 3 heteroatoms. The highest BCUT2D eigenvalue weighted by Gasteiger charge is 2.22. The molecule has 0 aromatic heterocycles. The van der Waals surface area contributed by atoms with Crippen molar-refractivity contribution in [2.24, 2.45) is 0 Å². The van der Waals surface area contributed by atoms with Gasteiger partial charge in [0.15, 0.2) is 6.29 Å². The smallest absolute Gasteiger partial charge is 0.153 e. The van der Waals surface area contributed by atoms with Crippen molar-refractivity contribution in [2.75, 3.05) is 0 Å². The van der Waals surface area contributed by atoms with Crippen molar-refractivity contribution in [1.29, 1.82) is 0 Å². The summed E-state index contributed by atoms with van der Waals surface area (Å²) in [6.45, 7) is 0. The van der Waals surface area contributed by atoms with Crippen molar-refractivity contribution in [3.05, 3.63) is 64.2 Å². The molecule has 102 valence electrons. The molecular weight excluding hydrogens is 272 g/mol. The van der Waals surface area contributed by atoms with Gasteiger partial charge in [0.05, 0.1) is 5.56 Å². The van der Waals surface area contributed by atoms with Crippen LogP contribution in [0.15, 0.2) is 42.5 Å². The zero-order valence-corrected chi connectivity index (χ0v) is 11.8. The Morgan fingerprint density at radius 2 is 2.05 bits per heavy atom. The molecule has 0 N–H and O–H groups in total. The van der Waals surface area contributed by atoms with Crippen LogP contribution in [0.3, 0.4) is 0 Å². The molecule has 0 amide bonds. The van der Waals surface area contributed by atoms with E-state index in [-0.39, 0.29) is 6.10 Å². The minimum absolute atomic E-state index is 0.00267. The van der Waals surface area contributed by atoms with Crippen molar-refractivity contribution >= 4 is 17.9 Å². The monoisotopic (exact) mass is 286 g/mol. The number of hydrogen-bond acceptors (Lipinski definition) is 2. The number of fused-ring (bicyclic) bond motifs is 1. The summed E-state index contributed by atoms with van der Waals surface area (Å²) in [5.41, 5.74) is 3.09. The van der Waals surface area contributed by atoms with E-state index in [0.717, 1.165) is 25.5 Å². The zero-order valence-electron chi connectivity index (χ0n) is 11.0. The Morgan fingerprint density at radius 3 is 2.90 bits per heavy atom. The molecule has 2 nitrogen and oxygen atoms in total. The number of aryl methyl sites for hydroxylation is 1. The lowest BCUT2D eigenvalue weighted by Gasteiger charge is -2.26. The average molecular weight is 287 g/mol. The molecule has 20 heavy (non-hydrogen) atoms. The molecule has 2 aromatic carbocycles. The number of carbonyl (C=O) groups excluding carboxylic acids is 1. The highest BCUT2D eigenvalue weighted by Crippen LogP contribution is 2.35. The Kier molecular flexibility index (Phi) is 3.75. The maximum atomic E-state index is 11.1. The molecule has 0 heterocycles. The van der Waals surface area contributed by atoms with Crippen LogP contribution in [0.1, 0.15) is 40.4 Å². The van der Waals surface area contributed by atoms with Crippen LogP contribution in [0.4, 0.5) is 0 Å². The van der Waals surface area contributed by atoms with Gasteiger partial charge in [-0.15, -0.1) is 0 Å². The van der Waals surface area contributed by atoms with Gasteiger partial charge in [-0.25, -0.2) is 0 Å². The van der Waals surface area contributed by atoms with E-state index in [4.69, 9.17) is 16.3 Å². The fourth-order valence-electron chi connectivity index (χ4n) is 2.69. The van der Waals surface area contributed by atoms with Gasteiger partial charge in [-0.1, -0.05) is 35.9 Å². The largest absolute Gasteiger partial charge is 0.485 e. The van der Waals surface area contributed by atoms with Crippen LogP contribution < -0.4 is 4.74 Å². The van der Waals surface area contributed by atoms with Crippen molar-refractivity contribution in [2.45, 2.75) is 25.4 Å². The standard InChI is InChI=1S/C17H15ClO2/c18-14-9-8-13(11-19)17(10-14)20-16-7-3-5-12-4-1-2-6-15(12)16/h1-2,4,6,8-11,16H,3,5,7H2. The Morgan fingerprint density at radius 1 is 1.20 bits per heavy atom. The van der Waals surface area contributed by atoms with E-state index in [1.165, 1.54) is 11.1 Å². The predicted octanol–water partition coefficient (Wildman–Crippen LogP) is 4.61. The number of rotatable bonds is 3. The van der Waals surface area contributed by atoms with E-state index in [2.05, 4.69) is 18.2 Å². The summed E-state index contributed by atoms with van der Waals surface area (Å²) in [6.07, 6.45) is 3.95. The number of hydrogen-bond donors (Lipinski definition) is 0. The highest BCUT2D eigenvalue weighted by atomic mass is 35.5. The van der Waals surface area contributed by atoms with Crippen molar-refractivity contribution < 1.29 is 9.53 Å². The van der Waals surface area contributed by atoms with E-state index in [0.29, 0.717) is 16.3 Å². The van der Waals surface area contributed by atoms with E-state index in [1.54, 1.807) is 18.2 Å². The molecule has 1 aliphatic rings. The van der Waals surface area contributed by atoms with Crippen LogP contribution in [0.2, 0.25) is 5.02 Å². The summed E-state index contributed by atoms with van der Waals surface area (Å²) in [7, 11) is 0. The lowest BCUT2D eigenvalue weighted by atomic mass is 9.89. The third-order valence-corrected chi connectivity index (χ3v) is 3.92. The van der Waals surface area contributed by atoms with E-state index < -0.39 is 0 Å². The zero-order chi connectivity index (χ0) is 13.9. The second-order valence-corrected chi connectivity index (χ2v) is 5.43. The molecule has 3 rings (SSSR count). The quantitative estimate of drug-likeness (QED) is 0.770. The summed E-state index contributed by atoms with van der Waals surface area (Å²) in [5.74, 6) is 0.564. The third-order valence-electron chi connectivity index (χ3n) is 3.69. The van der Waals surface area contributed by atoms with Crippen LogP contribution in [0, 0.1) is 0 Å². The number of benzene rings is 2. The summed E-state index contributed by atoms with van der Waals surface area (Å²) in [6, 6.07) is 13.4. The van der Waals surface area contributed by atoms with E-state index >= 15 is 0 Å². The van der Waals surface area contributed by atoms with Crippen LogP contribution in [-0.4, -0.2) is 6.29 Å². The minimum atomic E-state index is -0.00267. The molecule has 0 fully saturated rings. The summed E-state index contributed by atoms with van der Waals surface area (Å²) >= 11 is 6.00. The molecule has 2 aromatic rings. The van der Waals surface area contributed by atoms with E-state index in [1.807, 2.05) is 6.07 Å².